The molecule has 3 rings (SSSR count). The molecular formula is C21H17Cl3N2O3. The van der Waals surface area contributed by atoms with E-state index >= 15 is 0 Å². The summed E-state index contributed by atoms with van der Waals surface area (Å²) in [5.41, 5.74) is 4.64. The van der Waals surface area contributed by atoms with Crippen molar-refractivity contribution in [3.8, 4) is 11.3 Å². The number of ether oxygens (including phenoxy) is 1. The molecule has 0 fully saturated rings. The van der Waals surface area contributed by atoms with Crippen molar-refractivity contribution in [3.63, 3.8) is 0 Å². The Hall–Kier alpha value is -2.47. The van der Waals surface area contributed by atoms with E-state index < -0.39 is 5.97 Å². The monoisotopic (exact) mass is 450 g/mol. The Bertz CT molecular complexity index is 1030. The summed E-state index contributed by atoms with van der Waals surface area (Å²) in [4.78, 5) is 12.0. The summed E-state index contributed by atoms with van der Waals surface area (Å²) >= 11 is 18.3. The molecule has 0 aliphatic carbocycles. The van der Waals surface area contributed by atoms with Crippen LogP contribution in [0.3, 0.4) is 0 Å². The third kappa shape index (κ3) is 5.32. The maximum Gasteiger partial charge on any atom is 0.339 e. The smallest absolute Gasteiger partial charge is 0.339 e. The Labute approximate surface area is 183 Å². The predicted molar refractivity (Wildman–Crippen MR) is 116 cm³/mol. The fourth-order valence-corrected chi connectivity index (χ4v) is 3.28. The summed E-state index contributed by atoms with van der Waals surface area (Å²) in [5.74, 6) is 0.628. The van der Waals surface area contributed by atoms with E-state index in [4.69, 9.17) is 44.0 Å². The van der Waals surface area contributed by atoms with Crippen molar-refractivity contribution in [2.45, 2.75) is 13.5 Å². The van der Waals surface area contributed by atoms with Gasteiger partial charge in [-0.3, -0.25) is 0 Å². The molecule has 0 saturated carbocycles. The highest BCUT2D eigenvalue weighted by Crippen LogP contribution is 2.27. The number of halogens is 3. The van der Waals surface area contributed by atoms with E-state index in [1.54, 1.807) is 55.5 Å². The summed E-state index contributed by atoms with van der Waals surface area (Å²) in [6.07, 6.45) is 1.54. The van der Waals surface area contributed by atoms with Gasteiger partial charge in [0.1, 0.15) is 11.5 Å². The van der Waals surface area contributed by atoms with Gasteiger partial charge < -0.3 is 14.6 Å². The molecule has 5 nitrogen and oxygen atoms in total. The van der Waals surface area contributed by atoms with Crippen LogP contribution in [0.5, 0.6) is 0 Å². The largest absolute Gasteiger partial charge is 0.462 e. The summed E-state index contributed by atoms with van der Waals surface area (Å²) in [5, 5.41) is 5.59. The van der Waals surface area contributed by atoms with Crippen molar-refractivity contribution in [2.24, 2.45) is 5.10 Å². The molecule has 1 aromatic heterocycles. The molecule has 1 N–H and O–H groups in total. The first-order valence-electron chi connectivity index (χ1n) is 8.75. The lowest BCUT2D eigenvalue weighted by molar-refractivity contribution is 0.0526. The minimum atomic E-state index is -0.477. The van der Waals surface area contributed by atoms with Crippen LogP contribution >= 0.6 is 34.8 Å². The van der Waals surface area contributed by atoms with Crippen LogP contribution in [0.4, 0.5) is 0 Å². The van der Waals surface area contributed by atoms with E-state index in [2.05, 4.69) is 10.5 Å². The number of rotatable bonds is 7. The summed E-state index contributed by atoms with van der Waals surface area (Å²) in [6, 6.07) is 13.9. The first-order valence-corrected chi connectivity index (χ1v) is 9.88. The standard InChI is InChI=1S/C21H17Cl3N2O3/c1-2-28-21(27)15-10-13(6-8-19(15)24)20-9-7-14(29-20)11-25-26-12-16-17(22)4-3-5-18(16)23/h3-11,26H,2,12H2,1H3/b25-11+. The summed E-state index contributed by atoms with van der Waals surface area (Å²) in [6.45, 7) is 2.39. The van der Waals surface area contributed by atoms with Crippen LogP contribution in [0, 0.1) is 0 Å². The van der Waals surface area contributed by atoms with Gasteiger partial charge in [-0.15, -0.1) is 0 Å². The Balaban J connectivity index is 1.69. The van der Waals surface area contributed by atoms with Gasteiger partial charge in [0.2, 0.25) is 0 Å². The van der Waals surface area contributed by atoms with Gasteiger partial charge in [-0.25, -0.2) is 4.79 Å². The Morgan fingerprint density at radius 1 is 1.10 bits per heavy atom. The van der Waals surface area contributed by atoms with Crippen LogP contribution in [-0.2, 0) is 11.3 Å². The van der Waals surface area contributed by atoms with Gasteiger partial charge in [0.05, 0.1) is 30.0 Å². The molecule has 1 heterocycles. The second-order valence-corrected chi connectivity index (χ2v) is 7.13. The van der Waals surface area contributed by atoms with Crippen LogP contribution in [-0.4, -0.2) is 18.8 Å². The lowest BCUT2D eigenvalue weighted by Gasteiger charge is -2.06. The zero-order valence-corrected chi connectivity index (χ0v) is 17.7. The van der Waals surface area contributed by atoms with Gasteiger partial charge >= 0.3 is 5.97 Å². The third-order valence-electron chi connectivity index (χ3n) is 3.97. The minimum absolute atomic E-state index is 0.271. The van der Waals surface area contributed by atoms with E-state index in [0.29, 0.717) is 38.7 Å². The van der Waals surface area contributed by atoms with Crippen molar-refractivity contribution in [2.75, 3.05) is 6.61 Å². The Kier molecular flexibility index (Phi) is 7.20. The zero-order chi connectivity index (χ0) is 20.8. The fraction of sp³-hybridized carbons (Fsp3) is 0.143. The first kappa shape index (κ1) is 21.2. The number of hydrazone groups is 1. The minimum Gasteiger partial charge on any atom is -0.462 e. The molecule has 0 aliphatic rings. The molecular weight excluding hydrogens is 435 g/mol. The number of nitrogens with zero attached hydrogens (tertiary/aromatic N) is 1. The number of hydrogen-bond acceptors (Lipinski definition) is 5. The molecule has 0 saturated heterocycles. The third-order valence-corrected chi connectivity index (χ3v) is 5.01. The molecule has 0 amide bonds. The molecule has 29 heavy (non-hydrogen) atoms. The summed E-state index contributed by atoms with van der Waals surface area (Å²) < 4.78 is 10.8. The maximum absolute atomic E-state index is 12.0. The van der Waals surface area contributed by atoms with E-state index in [9.17, 15) is 4.79 Å². The van der Waals surface area contributed by atoms with E-state index in [1.165, 1.54) is 6.21 Å². The molecule has 2 aromatic carbocycles. The van der Waals surface area contributed by atoms with Gasteiger partial charge in [-0.2, -0.15) is 5.10 Å². The van der Waals surface area contributed by atoms with Gasteiger partial charge in [0, 0.05) is 21.2 Å². The fourth-order valence-electron chi connectivity index (χ4n) is 2.56. The van der Waals surface area contributed by atoms with Crippen molar-refractivity contribution >= 4 is 47.0 Å². The zero-order valence-electron chi connectivity index (χ0n) is 15.4. The predicted octanol–water partition coefficient (Wildman–Crippen LogP) is 6.21. The van der Waals surface area contributed by atoms with E-state index in [0.717, 1.165) is 5.56 Å². The number of carbonyl (C=O) groups excluding carboxylic acids is 1. The number of carbonyl (C=O) groups is 1. The van der Waals surface area contributed by atoms with Crippen molar-refractivity contribution in [3.05, 3.63) is 80.5 Å². The number of furan rings is 1. The van der Waals surface area contributed by atoms with Crippen molar-refractivity contribution < 1.29 is 13.9 Å². The Morgan fingerprint density at radius 3 is 2.59 bits per heavy atom. The quantitative estimate of drug-likeness (QED) is 0.263. The highest BCUT2D eigenvalue weighted by molar-refractivity contribution is 6.36. The SMILES string of the molecule is CCOC(=O)c1cc(-c2ccc(/C=N/NCc3c(Cl)cccc3Cl)o2)ccc1Cl. The van der Waals surface area contributed by atoms with Gasteiger partial charge in [-0.05, 0) is 49.4 Å². The summed E-state index contributed by atoms with van der Waals surface area (Å²) in [7, 11) is 0. The lowest BCUT2D eigenvalue weighted by atomic mass is 10.1. The normalized spacial score (nSPS) is 11.0. The van der Waals surface area contributed by atoms with Crippen LogP contribution in [0.1, 0.15) is 28.6 Å². The molecule has 0 radical (unpaired) electrons. The van der Waals surface area contributed by atoms with Gasteiger partial charge in [-0.1, -0.05) is 40.9 Å². The lowest BCUT2D eigenvalue weighted by Crippen LogP contribution is -2.06. The molecule has 3 aromatic rings. The van der Waals surface area contributed by atoms with E-state index in [1.807, 2.05) is 0 Å². The van der Waals surface area contributed by atoms with Crippen molar-refractivity contribution in [1.82, 2.24) is 5.43 Å². The number of esters is 1. The molecule has 0 atom stereocenters. The second-order valence-electron chi connectivity index (χ2n) is 5.91. The van der Waals surface area contributed by atoms with Crippen LogP contribution < -0.4 is 5.43 Å². The highest BCUT2D eigenvalue weighted by Gasteiger charge is 2.14. The Morgan fingerprint density at radius 2 is 1.86 bits per heavy atom. The molecule has 150 valence electrons. The average molecular weight is 452 g/mol. The number of nitrogens with one attached hydrogen (secondary N) is 1. The highest BCUT2D eigenvalue weighted by atomic mass is 35.5. The van der Waals surface area contributed by atoms with Gasteiger partial charge in [0.15, 0.2) is 0 Å². The van der Waals surface area contributed by atoms with Gasteiger partial charge in [0.25, 0.3) is 0 Å². The average Bonchev–Trinajstić information content (AvgIpc) is 3.16. The maximum atomic E-state index is 12.0. The van der Waals surface area contributed by atoms with Crippen LogP contribution in [0.25, 0.3) is 11.3 Å². The first-order chi connectivity index (χ1) is 14.0. The number of hydrogen-bond donors (Lipinski definition) is 1. The van der Waals surface area contributed by atoms with Crippen molar-refractivity contribution in [1.29, 1.82) is 0 Å². The number of benzene rings is 2. The second kappa shape index (κ2) is 9.83. The van der Waals surface area contributed by atoms with Crippen LogP contribution in [0.2, 0.25) is 15.1 Å². The molecule has 0 aliphatic heterocycles. The molecule has 0 unspecified atom stereocenters. The molecule has 0 bridgehead atoms. The molecule has 8 heteroatoms. The topological polar surface area (TPSA) is 63.8 Å². The van der Waals surface area contributed by atoms with E-state index in [-0.39, 0.29) is 12.2 Å². The van der Waals surface area contributed by atoms with Crippen LogP contribution in [0.15, 0.2) is 58.0 Å². The molecule has 0 spiro atoms.